The molecule has 0 saturated carbocycles. The third-order valence-corrected chi connectivity index (χ3v) is 13.1. The van der Waals surface area contributed by atoms with Crippen molar-refractivity contribution in [2.75, 3.05) is 6.26 Å². The van der Waals surface area contributed by atoms with Crippen molar-refractivity contribution in [1.82, 2.24) is 29.5 Å². The molecule has 0 atom stereocenters. The minimum atomic E-state index is -1.35. The van der Waals surface area contributed by atoms with Gasteiger partial charge in [0, 0.05) is 26.7 Å². The molecule has 0 radical (unpaired) electrons. The van der Waals surface area contributed by atoms with E-state index in [0.717, 1.165) is 72.5 Å². The van der Waals surface area contributed by atoms with Crippen molar-refractivity contribution in [1.29, 1.82) is 0 Å². The number of thiol groups is 1. The number of nitrogens with zero attached hydrogens (tertiary/aromatic N) is 6. The molecule has 0 aliphatic carbocycles. The zero-order chi connectivity index (χ0) is 55.2. The summed E-state index contributed by atoms with van der Waals surface area (Å²) in [5, 5.41) is 36.2. The quantitative estimate of drug-likeness (QED) is 0.104. The van der Waals surface area contributed by atoms with Gasteiger partial charge in [0.2, 0.25) is 0 Å². The number of hydrogen-bond acceptors (Lipinski definition) is 7. The van der Waals surface area contributed by atoms with Crippen molar-refractivity contribution in [2.24, 2.45) is 0 Å². The molecule has 0 amide bonds. The van der Waals surface area contributed by atoms with Gasteiger partial charge in [-0.05, 0) is 150 Å². The predicted octanol–water partition coefficient (Wildman–Crippen LogP) is 15.7. The van der Waals surface area contributed by atoms with Gasteiger partial charge in [0.15, 0.2) is 23.3 Å². The zero-order valence-corrected chi connectivity index (χ0v) is 48.6. The van der Waals surface area contributed by atoms with E-state index < -0.39 is 7.12 Å². The Bertz CT molecular complexity index is 3450. The fourth-order valence-corrected chi connectivity index (χ4v) is 10.3. The Labute approximate surface area is 465 Å². The lowest BCUT2D eigenvalue weighted by molar-refractivity contribution is 0.425. The van der Waals surface area contributed by atoms with Crippen LogP contribution in [0.3, 0.4) is 0 Å². The van der Waals surface area contributed by atoms with Gasteiger partial charge < -0.3 is 10.0 Å². The van der Waals surface area contributed by atoms with Gasteiger partial charge >= 0.3 is 7.12 Å². The van der Waals surface area contributed by atoms with Gasteiger partial charge in [-0.3, -0.25) is 9.13 Å². The molecule has 2 heterocycles. The largest absolute Gasteiger partial charge is 0.488 e. The molecule has 10 rings (SSSR count). The van der Waals surface area contributed by atoms with Gasteiger partial charge in [-0.1, -0.05) is 198 Å². The van der Waals surface area contributed by atoms with Crippen LogP contribution in [0.1, 0.15) is 69.5 Å². The van der Waals surface area contributed by atoms with Crippen molar-refractivity contribution in [3.05, 3.63) is 230 Å². The predicted molar refractivity (Wildman–Crippen MR) is 327 cm³/mol. The molecule has 0 fully saturated rings. The monoisotopic (exact) mass is 1090 g/mol. The number of aromatic nitrogens is 6. The van der Waals surface area contributed by atoms with Crippen LogP contribution in [0, 0.1) is 69.2 Å². The normalized spacial score (nSPS) is 10.4. The molecular weight excluding hydrogens is 1020 g/mol. The Morgan fingerprint density at radius 1 is 0.368 bits per heavy atom. The van der Waals surface area contributed by atoms with E-state index in [-0.39, 0.29) is 0 Å². The minimum Gasteiger partial charge on any atom is -0.423 e. The van der Waals surface area contributed by atoms with E-state index in [0.29, 0.717) is 5.46 Å². The molecule has 0 bridgehead atoms. The first kappa shape index (κ1) is 58.1. The Hall–Kier alpha value is -7.15. The van der Waals surface area contributed by atoms with E-state index in [9.17, 15) is 0 Å². The van der Waals surface area contributed by atoms with Crippen LogP contribution < -0.4 is 5.46 Å². The molecule has 2 N–H and O–H groups in total. The molecule has 0 aliphatic heterocycles. The highest BCUT2D eigenvalue weighted by atomic mass is 79.9. The lowest BCUT2D eigenvalue weighted by atomic mass is 9.79. The van der Waals surface area contributed by atoms with Gasteiger partial charge in [-0.15, -0.1) is 20.4 Å². The molecule has 388 valence electrons. The summed E-state index contributed by atoms with van der Waals surface area (Å²) >= 11 is 7.14. The van der Waals surface area contributed by atoms with E-state index in [1.54, 1.807) is 18.4 Å². The summed E-state index contributed by atoms with van der Waals surface area (Å²) in [6.45, 7) is 25.0. The van der Waals surface area contributed by atoms with E-state index >= 15 is 0 Å². The molecule has 2 aromatic heterocycles. The molecule has 10 aromatic rings. The summed E-state index contributed by atoms with van der Waals surface area (Å²) in [5.41, 5.74) is 21.3. The van der Waals surface area contributed by atoms with Crippen LogP contribution in [-0.2, 0) is 0 Å². The number of rotatable bonds is 8. The van der Waals surface area contributed by atoms with E-state index in [1.165, 1.54) is 55.6 Å². The second-order valence-electron chi connectivity index (χ2n) is 18.7. The SMILES string of the molecule is CC.CS.Cc1cc(C)cc(-c2cc(C)c(-n3c(-c4ccccc4)nnc3-c3ccccc3C)c(C)c2)c1.Cc1cc(C)cc(B(O)O)c1.Cc1ccccc1-c1nnc(-c2ccccc2)n1-c1c(C)cc(Br)cc1C. The lowest BCUT2D eigenvalue weighted by Crippen LogP contribution is -2.30. The molecule has 0 aliphatic rings. The Kier molecular flexibility index (Phi) is 20.7. The van der Waals surface area contributed by atoms with Crippen LogP contribution in [0.15, 0.2) is 174 Å². The second kappa shape index (κ2) is 27.1. The van der Waals surface area contributed by atoms with Gasteiger partial charge in [0.25, 0.3) is 0 Å². The van der Waals surface area contributed by atoms with Crippen molar-refractivity contribution in [3.8, 4) is 68.1 Å². The average molecular weight is 1090 g/mol. The Morgan fingerprint density at radius 3 is 1.05 bits per heavy atom. The van der Waals surface area contributed by atoms with Crippen LogP contribution in [0.5, 0.6) is 0 Å². The number of aryl methyl sites for hydroxylation is 10. The fraction of sp³-hybridized carbons (Fsp3) is 0.200. The summed E-state index contributed by atoms with van der Waals surface area (Å²) in [6.07, 6.45) is 1.69. The van der Waals surface area contributed by atoms with E-state index in [2.05, 4.69) is 212 Å². The molecule has 8 aromatic carbocycles. The molecule has 0 spiro atoms. The first-order valence-corrected chi connectivity index (χ1v) is 27.3. The number of hydrogen-bond donors (Lipinski definition) is 3. The molecule has 11 heteroatoms. The summed E-state index contributed by atoms with van der Waals surface area (Å²) < 4.78 is 5.50. The van der Waals surface area contributed by atoms with Crippen LogP contribution in [0.2, 0.25) is 0 Å². The minimum absolute atomic E-state index is 0.558. The molecule has 0 saturated heterocycles. The molecule has 8 nitrogen and oxygen atoms in total. The second-order valence-corrected chi connectivity index (χ2v) is 19.7. The standard InChI is InChI=1S/C31H29N3.C23H20BrN3.C8H11BO2.C2H6.CH4S/c1-20-15-21(2)17-26(16-20)27-18-23(4)29(24(5)19-27)34-30(25-12-7-6-8-13-25)32-33-31(34)28-14-10-9-11-22(28)3;1-15-9-7-8-12-20(15)23-26-25-22(18-10-5-4-6-11-18)27(23)21-16(2)13-19(24)14-17(21)3;1-6-3-7(2)5-8(4-6)9(10)11;2*1-2/h6-19H,1-5H3;4-14H,1-3H3;3-5,10-11H,1-2H3;1-2H3;2H,1H3. The Morgan fingerprint density at radius 2 is 0.684 bits per heavy atom. The Balaban J connectivity index is 0.000000198. The average Bonchev–Trinajstić information content (AvgIpc) is 4.04. The first-order valence-electron chi connectivity index (χ1n) is 25.6. The summed E-state index contributed by atoms with van der Waals surface area (Å²) in [6, 6.07) is 58.3. The van der Waals surface area contributed by atoms with Crippen LogP contribution in [-0.4, -0.2) is 53.0 Å². The summed E-state index contributed by atoms with van der Waals surface area (Å²) in [7, 11) is -1.35. The topological polar surface area (TPSA) is 102 Å². The fourth-order valence-electron chi connectivity index (χ4n) is 9.57. The van der Waals surface area contributed by atoms with E-state index in [4.69, 9.17) is 15.1 Å². The highest BCUT2D eigenvalue weighted by Crippen LogP contribution is 2.37. The van der Waals surface area contributed by atoms with Crippen LogP contribution >= 0.6 is 28.6 Å². The third kappa shape index (κ3) is 13.8. The van der Waals surface area contributed by atoms with Gasteiger partial charge in [-0.2, -0.15) is 12.6 Å². The molecule has 0 unspecified atom stereocenters. The van der Waals surface area contributed by atoms with Crippen molar-refractivity contribution < 1.29 is 10.0 Å². The van der Waals surface area contributed by atoms with Crippen molar-refractivity contribution >= 4 is 41.1 Å². The maximum absolute atomic E-state index is 8.83. The summed E-state index contributed by atoms with van der Waals surface area (Å²) in [4.78, 5) is 0. The highest BCUT2D eigenvalue weighted by Gasteiger charge is 2.23. The molecular formula is C65H70BBrN6O2S. The van der Waals surface area contributed by atoms with E-state index in [1.807, 2.05) is 82.3 Å². The number of benzene rings is 8. The number of halogens is 1. The lowest BCUT2D eigenvalue weighted by Gasteiger charge is -2.19. The molecule has 76 heavy (non-hydrogen) atoms. The van der Waals surface area contributed by atoms with Gasteiger partial charge in [-0.25, -0.2) is 0 Å². The maximum Gasteiger partial charge on any atom is 0.488 e. The van der Waals surface area contributed by atoms with Gasteiger partial charge in [0.1, 0.15) is 0 Å². The summed E-state index contributed by atoms with van der Waals surface area (Å²) in [5.74, 6) is 3.43. The zero-order valence-electron chi connectivity index (χ0n) is 46.1. The van der Waals surface area contributed by atoms with Crippen molar-refractivity contribution in [3.63, 3.8) is 0 Å². The highest BCUT2D eigenvalue weighted by molar-refractivity contribution is 9.10. The maximum atomic E-state index is 8.83. The van der Waals surface area contributed by atoms with Crippen molar-refractivity contribution in [2.45, 2.75) is 83.1 Å². The van der Waals surface area contributed by atoms with Gasteiger partial charge in [0.05, 0.1) is 11.4 Å². The van der Waals surface area contributed by atoms with Crippen LogP contribution in [0.4, 0.5) is 0 Å². The third-order valence-electron chi connectivity index (χ3n) is 12.7. The van der Waals surface area contributed by atoms with Crippen LogP contribution in [0.25, 0.3) is 68.1 Å². The smallest absolute Gasteiger partial charge is 0.423 e. The first-order chi connectivity index (χ1) is 36.6.